The van der Waals surface area contributed by atoms with Gasteiger partial charge in [0.2, 0.25) is 0 Å². The molecule has 0 saturated heterocycles. The highest BCUT2D eigenvalue weighted by atomic mass is 19.4. The predicted molar refractivity (Wildman–Crippen MR) is 32.2 cm³/mol. The van der Waals surface area contributed by atoms with E-state index in [0.717, 1.165) is 6.92 Å². The third-order valence-corrected chi connectivity index (χ3v) is 1.58. The van der Waals surface area contributed by atoms with Gasteiger partial charge in [0, 0.05) is 0 Å². The van der Waals surface area contributed by atoms with E-state index < -0.39 is 30.5 Å². The lowest BCUT2D eigenvalue weighted by Crippen LogP contribution is -2.57. The topological polar surface area (TPSA) is 20.2 Å². The van der Waals surface area contributed by atoms with Gasteiger partial charge in [0.25, 0.3) is 0 Å². The zero-order valence-electron chi connectivity index (χ0n) is 6.88. The molecule has 0 aliphatic carbocycles. The van der Waals surface area contributed by atoms with Crippen LogP contribution in [0.15, 0.2) is 0 Å². The number of hydrogen-bond acceptors (Lipinski definition) is 1. The molecule has 0 aliphatic rings. The minimum absolute atomic E-state index is 0.866. The van der Waals surface area contributed by atoms with Crippen LogP contribution in [0, 0.1) is 0 Å². The Morgan fingerprint density at radius 3 is 1.57 bits per heavy atom. The van der Waals surface area contributed by atoms with E-state index in [9.17, 15) is 30.7 Å². The molecular formula is C6H7F7O. The van der Waals surface area contributed by atoms with Crippen molar-refractivity contribution >= 4 is 0 Å². The van der Waals surface area contributed by atoms with Gasteiger partial charge >= 0.3 is 18.0 Å². The normalized spacial score (nSPS) is 16.9. The second kappa shape index (κ2) is 3.56. The number of aliphatic hydroxyl groups excluding tert-OH is 1. The first-order valence-corrected chi connectivity index (χ1v) is 3.49. The highest BCUT2D eigenvalue weighted by molar-refractivity contribution is 4.95. The molecule has 8 heteroatoms. The summed E-state index contributed by atoms with van der Waals surface area (Å²) in [6, 6.07) is 0. The van der Waals surface area contributed by atoms with E-state index >= 15 is 0 Å². The molecule has 0 fully saturated rings. The fourth-order valence-electron chi connectivity index (χ4n) is 0.655. The largest absolute Gasteiger partial charge is 0.459 e. The van der Waals surface area contributed by atoms with Crippen LogP contribution in [0.3, 0.4) is 0 Å². The SMILES string of the molecule is CCC(O)C(F)(F)C(F)(F)C(F)(F)F. The first-order chi connectivity index (χ1) is 5.98. The van der Waals surface area contributed by atoms with Gasteiger partial charge in [0.15, 0.2) is 0 Å². The number of alkyl halides is 7. The van der Waals surface area contributed by atoms with Crippen molar-refractivity contribution in [1.82, 2.24) is 0 Å². The number of hydrogen-bond donors (Lipinski definition) is 1. The third kappa shape index (κ3) is 1.94. The molecule has 1 N–H and O–H groups in total. The van der Waals surface area contributed by atoms with E-state index in [1.807, 2.05) is 0 Å². The zero-order valence-corrected chi connectivity index (χ0v) is 6.88. The van der Waals surface area contributed by atoms with Crippen LogP contribution in [0.1, 0.15) is 13.3 Å². The Kier molecular flexibility index (Phi) is 3.42. The van der Waals surface area contributed by atoms with Gasteiger partial charge < -0.3 is 5.11 Å². The molecule has 0 amide bonds. The Hall–Kier alpha value is -0.530. The zero-order chi connectivity index (χ0) is 11.8. The van der Waals surface area contributed by atoms with Gasteiger partial charge in [-0.15, -0.1) is 0 Å². The van der Waals surface area contributed by atoms with E-state index in [0.29, 0.717) is 0 Å². The van der Waals surface area contributed by atoms with Crippen LogP contribution in [0.5, 0.6) is 0 Å². The Labute approximate surface area is 74.5 Å². The lowest BCUT2D eigenvalue weighted by molar-refractivity contribution is -0.370. The second-order valence-corrected chi connectivity index (χ2v) is 2.62. The van der Waals surface area contributed by atoms with Gasteiger partial charge in [-0.2, -0.15) is 30.7 Å². The van der Waals surface area contributed by atoms with E-state index in [2.05, 4.69) is 0 Å². The Morgan fingerprint density at radius 2 is 1.36 bits per heavy atom. The molecule has 0 aliphatic heterocycles. The Balaban J connectivity index is 5.07. The summed E-state index contributed by atoms with van der Waals surface area (Å²) in [5.41, 5.74) is 0. The monoisotopic (exact) mass is 228 g/mol. The van der Waals surface area contributed by atoms with Crippen LogP contribution in [0.25, 0.3) is 0 Å². The van der Waals surface area contributed by atoms with Crippen molar-refractivity contribution in [3.8, 4) is 0 Å². The second-order valence-electron chi connectivity index (χ2n) is 2.62. The third-order valence-electron chi connectivity index (χ3n) is 1.58. The van der Waals surface area contributed by atoms with Crippen LogP contribution < -0.4 is 0 Å². The minimum Gasteiger partial charge on any atom is -0.387 e. The van der Waals surface area contributed by atoms with Gasteiger partial charge in [-0.25, -0.2) is 0 Å². The van der Waals surface area contributed by atoms with Crippen LogP contribution in [-0.4, -0.2) is 29.2 Å². The van der Waals surface area contributed by atoms with Crippen LogP contribution in [0.2, 0.25) is 0 Å². The molecule has 86 valence electrons. The molecule has 0 aromatic carbocycles. The molecule has 0 rings (SSSR count). The van der Waals surface area contributed by atoms with Crippen LogP contribution >= 0.6 is 0 Å². The fourth-order valence-corrected chi connectivity index (χ4v) is 0.655. The maximum absolute atomic E-state index is 12.4. The summed E-state index contributed by atoms with van der Waals surface area (Å²) in [4.78, 5) is 0. The van der Waals surface area contributed by atoms with Crippen molar-refractivity contribution < 1.29 is 35.8 Å². The predicted octanol–water partition coefficient (Wildman–Crippen LogP) is 2.59. The molecule has 1 nitrogen and oxygen atoms in total. The molecule has 0 heterocycles. The van der Waals surface area contributed by atoms with Gasteiger partial charge in [-0.05, 0) is 6.42 Å². The Morgan fingerprint density at radius 1 is 1.00 bits per heavy atom. The van der Waals surface area contributed by atoms with Crippen LogP contribution in [0.4, 0.5) is 30.7 Å². The Bertz CT molecular complexity index is 197. The van der Waals surface area contributed by atoms with Crippen molar-refractivity contribution in [3.05, 3.63) is 0 Å². The summed E-state index contributed by atoms with van der Waals surface area (Å²) in [6.45, 7) is 0.866. The maximum atomic E-state index is 12.4. The van der Waals surface area contributed by atoms with Gasteiger partial charge in [-0.3, -0.25) is 0 Å². The number of aliphatic hydroxyl groups is 1. The molecule has 0 aromatic heterocycles. The van der Waals surface area contributed by atoms with Gasteiger partial charge in [0.1, 0.15) is 6.10 Å². The fraction of sp³-hybridized carbons (Fsp3) is 1.00. The van der Waals surface area contributed by atoms with Crippen molar-refractivity contribution in [2.75, 3.05) is 0 Å². The summed E-state index contributed by atoms with van der Waals surface area (Å²) in [5.74, 6) is -11.7. The van der Waals surface area contributed by atoms with Crippen LogP contribution in [-0.2, 0) is 0 Å². The molecule has 1 unspecified atom stereocenters. The highest BCUT2D eigenvalue weighted by Crippen LogP contribution is 2.48. The number of halogens is 7. The van der Waals surface area contributed by atoms with Crippen molar-refractivity contribution in [3.63, 3.8) is 0 Å². The van der Waals surface area contributed by atoms with Gasteiger partial charge in [-0.1, -0.05) is 6.92 Å². The van der Waals surface area contributed by atoms with E-state index in [4.69, 9.17) is 5.11 Å². The molecular weight excluding hydrogens is 221 g/mol. The molecule has 0 bridgehead atoms. The van der Waals surface area contributed by atoms with Crippen molar-refractivity contribution in [2.45, 2.75) is 37.5 Å². The minimum atomic E-state index is -6.38. The summed E-state index contributed by atoms with van der Waals surface area (Å²) < 4.78 is 83.4. The molecule has 0 saturated carbocycles. The highest BCUT2D eigenvalue weighted by Gasteiger charge is 2.74. The van der Waals surface area contributed by atoms with Crippen molar-refractivity contribution in [2.24, 2.45) is 0 Å². The summed E-state index contributed by atoms with van der Waals surface area (Å²) in [5, 5.41) is 8.35. The molecule has 14 heavy (non-hydrogen) atoms. The first-order valence-electron chi connectivity index (χ1n) is 3.49. The lowest BCUT2D eigenvalue weighted by Gasteiger charge is -2.30. The average Bonchev–Trinajstić information content (AvgIpc) is 2.00. The average molecular weight is 228 g/mol. The molecule has 0 spiro atoms. The quantitative estimate of drug-likeness (QED) is 0.736. The van der Waals surface area contributed by atoms with Gasteiger partial charge in [0.05, 0.1) is 0 Å². The number of rotatable bonds is 3. The van der Waals surface area contributed by atoms with E-state index in [1.54, 1.807) is 0 Å². The molecule has 0 radical (unpaired) electrons. The smallest absolute Gasteiger partial charge is 0.387 e. The lowest BCUT2D eigenvalue weighted by atomic mass is 10.0. The first kappa shape index (κ1) is 13.5. The summed E-state index contributed by atoms with van der Waals surface area (Å²) in [6.07, 6.45) is -10.3. The summed E-state index contributed by atoms with van der Waals surface area (Å²) >= 11 is 0. The van der Waals surface area contributed by atoms with E-state index in [-0.39, 0.29) is 0 Å². The van der Waals surface area contributed by atoms with Crippen molar-refractivity contribution in [1.29, 1.82) is 0 Å². The summed E-state index contributed by atoms with van der Waals surface area (Å²) in [7, 11) is 0. The molecule has 0 aromatic rings. The van der Waals surface area contributed by atoms with E-state index in [1.165, 1.54) is 0 Å². The molecule has 1 atom stereocenters. The standard InChI is InChI=1S/C6H7F7O/c1-2-3(14)4(7,8)5(9,10)6(11,12)13/h3,14H,2H2,1H3. The maximum Gasteiger partial charge on any atom is 0.459 e.